The summed E-state index contributed by atoms with van der Waals surface area (Å²) in [6.07, 6.45) is 0.923. The molecule has 0 spiro atoms. The Morgan fingerprint density at radius 2 is 0.884 bits per heavy atom. The molecular formula is C37H54N2O3Si. The van der Waals surface area contributed by atoms with E-state index < -0.39 is 8.80 Å². The molecule has 4 rings (SSSR count). The maximum Gasteiger partial charge on any atom is 0.699 e. The molecule has 1 aliphatic heterocycles. The molecule has 0 aliphatic carbocycles. The zero-order valence-electron chi connectivity index (χ0n) is 28.0. The summed E-state index contributed by atoms with van der Waals surface area (Å²) in [7, 11) is -3.33. The highest BCUT2D eigenvalue weighted by molar-refractivity contribution is 6.63. The van der Waals surface area contributed by atoms with Crippen LogP contribution >= 0.6 is 0 Å². The summed E-state index contributed by atoms with van der Waals surface area (Å²) in [5, 5.41) is 3.46. The average molecular weight is 603 g/mol. The van der Waals surface area contributed by atoms with Crippen molar-refractivity contribution in [1.82, 2.24) is 10.2 Å². The molecule has 1 fully saturated rings. The summed E-state index contributed by atoms with van der Waals surface area (Å²) in [6, 6.07) is 26.0. The SMILES string of the molecule is CC(C)(C)c1ccc(O[Si](CCCN2CCNCC2)(Oc2ccc(C(C)(C)C)cc2)Oc2ccc(C(C)(C)C)cc2)cc1. The second-order valence-electron chi connectivity index (χ2n) is 15.0. The Labute approximate surface area is 262 Å². The zero-order chi connectivity index (χ0) is 31.3. The van der Waals surface area contributed by atoms with Gasteiger partial charge in [-0.1, -0.05) is 98.7 Å². The molecule has 0 radical (unpaired) electrons. The van der Waals surface area contributed by atoms with Gasteiger partial charge in [-0.25, -0.2) is 0 Å². The third-order valence-electron chi connectivity index (χ3n) is 8.15. The van der Waals surface area contributed by atoms with Crippen molar-refractivity contribution in [3.8, 4) is 17.2 Å². The summed E-state index contributed by atoms with van der Waals surface area (Å²) in [5.74, 6) is 2.33. The average Bonchev–Trinajstić information content (AvgIpc) is 2.93. The highest BCUT2D eigenvalue weighted by Gasteiger charge is 2.49. The van der Waals surface area contributed by atoms with Crippen LogP contribution in [0.2, 0.25) is 6.04 Å². The fraction of sp³-hybridized carbons (Fsp3) is 0.514. The lowest BCUT2D eigenvalue weighted by Crippen LogP contribution is -2.55. The molecular weight excluding hydrogens is 549 g/mol. The molecule has 0 unspecified atom stereocenters. The van der Waals surface area contributed by atoms with E-state index in [2.05, 4.69) is 145 Å². The third kappa shape index (κ3) is 9.59. The number of benzene rings is 3. The fourth-order valence-electron chi connectivity index (χ4n) is 5.28. The van der Waals surface area contributed by atoms with E-state index in [1.807, 2.05) is 0 Å². The smallest absolute Gasteiger partial charge is 0.483 e. The van der Waals surface area contributed by atoms with Gasteiger partial charge in [-0.05, 0) is 82.3 Å². The Bertz CT molecular complexity index is 1130. The number of nitrogens with zero attached hydrogens (tertiary/aromatic N) is 1. The predicted octanol–water partition coefficient (Wildman–Crippen LogP) is 8.35. The second-order valence-corrected chi connectivity index (χ2v) is 17.5. The van der Waals surface area contributed by atoms with Gasteiger partial charge in [-0.2, -0.15) is 0 Å². The van der Waals surface area contributed by atoms with E-state index in [1.54, 1.807) is 0 Å². The monoisotopic (exact) mass is 602 g/mol. The first-order valence-corrected chi connectivity index (χ1v) is 17.9. The van der Waals surface area contributed by atoms with Crippen LogP contribution in [0.3, 0.4) is 0 Å². The standard InChI is InChI=1S/C37H54N2O3Si/c1-35(2,3)29-11-17-32(18-12-29)40-43(28-10-25-39-26-23-38-24-27-39,41-33-19-13-30(14-20-33)36(4,5)6)42-34-21-15-31(16-22-34)37(7,8)9/h11-22,38H,10,23-28H2,1-9H3. The maximum absolute atomic E-state index is 6.93. The maximum atomic E-state index is 6.93. The lowest BCUT2D eigenvalue weighted by atomic mass is 9.87. The van der Waals surface area contributed by atoms with Crippen LogP contribution in [0.15, 0.2) is 72.8 Å². The molecule has 5 nitrogen and oxygen atoms in total. The molecule has 1 heterocycles. The van der Waals surface area contributed by atoms with E-state index in [4.69, 9.17) is 13.3 Å². The summed E-state index contributed by atoms with van der Waals surface area (Å²) in [6.45, 7) is 25.2. The molecule has 234 valence electrons. The first kappa shape index (κ1) is 33.1. The quantitative estimate of drug-likeness (QED) is 0.236. The van der Waals surface area contributed by atoms with Crippen molar-refractivity contribution >= 4 is 8.80 Å². The lowest BCUT2D eigenvalue weighted by molar-refractivity contribution is 0.227. The molecule has 43 heavy (non-hydrogen) atoms. The van der Waals surface area contributed by atoms with E-state index in [9.17, 15) is 0 Å². The minimum atomic E-state index is -3.33. The molecule has 6 heteroatoms. The van der Waals surface area contributed by atoms with Gasteiger partial charge < -0.3 is 23.5 Å². The van der Waals surface area contributed by atoms with E-state index in [1.165, 1.54) is 16.7 Å². The summed E-state index contributed by atoms with van der Waals surface area (Å²) in [4.78, 5) is 2.52. The van der Waals surface area contributed by atoms with Gasteiger partial charge in [0.05, 0.1) is 6.04 Å². The topological polar surface area (TPSA) is 43.0 Å². The van der Waals surface area contributed by atoms with Gasteiger partial charge in [0.1, 0.15) is 17.2 Å². The van der Waals surface area contributed by atoms with Crippen LogP contribution in [0.1, 0.15) is 85.4 Å². The van der Waals surface area contributed by atoms with Gasteiger partial charge in [0.25, 0.3) is 0 Å². The zero-order valence-corrected chi connectivity index (χ0v) is 29.0. The predicted molar refractivity (Wildman–Crippen MR) is 182 cm³/mol. The highest BCUT2D eigenvalue weighted by atomic mass is 28.4. The molecule has 3 aromatic carbocycles. The van der Waals surface area contributed by atoms with E-state index in [0.29, 0.717) is 6.04 Å². The Morgan fingerprint density at radius 1 is 0.558 bits per heavy atom. The third-order valence-corrected chi connectivity index (χ3v) is 10.8. The van der Waals surface area contributed by atoms with E-state index in [0.717, 1.165) is 56.4 Å². The summed E-state index contributed by atoms with van der Waals surface area (Å²) >= 11 is 0. The number of piperazine rings is 1. The highest BCUT2D eigenvalue weighted by Crippen LogP contribution is 2.32. The van der Waals surface area contributed by atoms with E-state index in [-0.39, 0.29) is 16.2 Å². The van der Waals surface area contributed by atoms with E-state index >= 15 is 0 Å². The van der Waals surface area contributed by atoms with Crippen molar-refractivity contribution in [3.05, 3.63) is 89.5 Å². The number of rotatable bonds is 10. The first-order chi connectivity index (χ1) is 20.1. The van der Waals surface area contributed by atoms with Crippen molar-refractivity contribution in [2.75, 3.05) is 32.7 Å². The molecule has 1 saturated heterocycles. The lowest BCUT2D eigenvalue weighted by Gasteiger charge is -2.32. The number of hydrogen-bond donors (Lipinski definition) is 1. The Balaban J connectivity index is 1.69. The largest absolute Gasteiger partial charge is 0.699 e. The van der Waals surface area contributed by atoms with Crippen molar-refractivity contribution in [3.63, 3.8) is 0 Å². The number of nitrogens with one attached hydrogen (secondary N) is 1. The van der Waals surface area contributed by atoms with Gasteiger partial charge in [-0.15, -0.1) is 0 Å². The van der Waals surface area contributed by atoms with Crippen LogP contribution < -0.4 is 18.6 Å². The molecule has 3 aromatic rings. The molecule has 0 atom stereocenters. The molecule has 0 amide bonds. The van der Waals surface area contributed by atoms with Crippen LogP contribution in [-0.4, -0.2) is 46.4 Å². The summed E-state index contributed by atoms with van der Waals surface area (Å²) < 4.78 is 20.8. The van der Waals surface area contributed by atoms with Gasteiger partial charge >= 0.3 is 8.80 Å². The first-order valence-electron chi connectivity index (χ1n) is 15.9. The molecule has 0 saturated carbocycles. The number of hydrogen-bond acceptors (Lipinski definition) is 5. The molecule has 1 aliphatic rings. The van der Waals surface area contributed by atoms with Crippen molar-refractivity contribution in [1.29, 1.82) is 0 Å². The minimum absolute atomic E-state index is 0.0624. The van der Waals surface area contributed by atoms with Gasteiger partial charge in [0, 0.05) is 26.2 Å². The normalized spacial score (nSPS) is 15.3. The van der Waals surface area contributed by atoms with Crippen molar-refractivity contribution in [2.24, 2.45) is 0 Å². The van der Waals surface area contributed by atoms with Gasteiger partial charge in [0.2, 0.25) is 0 Å². The summed E-state index contributed by atoms with van der Waals surface area (Å²) in [5.41, 5.74) is 3.99. The van der Waals surface area contributed by atoms with Crippen LogP contribution in [-0.2, 0) is 16.2 Å². The van der Waals surface area contributed by atoms with Crippen molar-refractivity contribution in [2.45, 2.75) is 91.0 Å². The van der Waals surface area contributed by atoms with Gasteiger partial charge in [0.15, 0.2) is 0 Å². The Morgan fingerprint density at radius 3 is 1.19 bits per heavy atom. The minimum Gasteiger partial charge on any atom is -0.483 e. The molecule has 1 N–H and O–H groups in total. The fourth-order valence-corrected chi connectivity index (χ4v) is 7.79. The van der Waals surface area contributed by atoms with Crippen molar-refractivity contribution < 1.29 is 13.3 Å². The van der Waals surface area contributed by atoms with Crippen LogP contribution in [0, 0.1) is 0 Å². The van der Waals surface area contributed by atoms with Crippen LogP contribution in [0.5, 0.6) is 17.2 Å². The van der Waals surface area contributed by atoms with Crippen LogP contribution in [0.4, 0.5) is 0 Å². The Hall–Kier alpha value is -2.80. The molecule has 0 bridgehead atoms. The Kier molecular flexibility index (Phi) is 10.4. The molecule has 0 aromatic heterocycles. The second kappa shape index (κ2) is 13.5. The van der Waals surface area contributed by atoms with Gasteiger partial charge in [-0.3, -0.25) is 0 Å². The van der Waals surface area contributed by atoms with Crippen LogP contribution in [0.25, 0.3) is 0 Å².